The molecule has 1 aliphatic heterocycles. The summed E-state index contributed by atoms with van der Waals surface area (Å²) in [6.07, 6.45) is 3.06. The van der Waals surface area contributed by atoms with Crippen molar-refractivity contribution < 1.29 is 23.4 Å². The van der Waals surface area contributed by atoms with Gasteiger partial charge in [0.25, 0.3) is 0 Å². The first-order valence-electron chi connectivity index (χ1n) is 13.2. The van der Waals surface area contributed by atoms with Gasteiger partial charge in [-0.1, -0.05) is 24.3 Å². The van der Waals surface area contributed by atoms with Crippen LogP contribution in [0.2, 0.25) is 0 Å². The van der Waals surface area contributed by atoms with Crippen LogP contribution in [0.5, 0.6) is 0 Å². The van der Waals surface area contributed by atoms with Crippen LogP contribution in [-0.2, 0) is 11.8 Å². The Bertz CT molecular complexity index is 1520. The second-order valence-electron chi connectivity index (χ2n) is 10.3. The molecular weight excluding hydrogens is 532 g/mol. The summed E-state index contributed by atoms with van der Waals surface area (Å²) >= 11 is 0. The van der Waals surface area contributed by atoms with Crippen molar-refractivity contribution in [1.82, 2.24) is 29.8 Å². The molecule has 216 valence electrons. The number of hydrogen-bond acceptors (Lipinski definition) is 6. The average Bonchev–Trinajstić information content (AvgIpc) is 3.62. The number of amides is 2. The molecule has 0 spiro atoms. The Morgan fingerprint density at radius 3 is 2.59 bits per heavy atom. The van der Waals surface area contributed by atoms with Gasteiger partial charge in [0.15, 0.2) is 11.6 Å². The second-order valence-corrected chi connectivity index (χ2v) is 10.3. The van der Waals surface area contributed by atoms with Gasteiger partial charge in [0.05, 0.1) is 36.7 Å². The van der Waals surface area contributed by atoms with Crippen molar-refractivity contribution >= 4 is 11.8 Å². The SMILES string of the molecule is COCC(O)[C@H]1C[C@@H](NC(=O)Nc2c(C)c(-c3cnn(C)c3)nn2-c2ccccc2)[C@H](c2ccc(F)c(F)c2)N1C. The zero-order valence-electron chi connectivity index (χ0n) is 23.3. The smallest absolute Gasteiger partial charge is 0.320 e. The van der Waals surface area contributed by atoms with Gasteiger partial charge in [0.2, 0.25) is 0 Å². The Morgan fingerprint density at radius 2 is 1.93 bits per heavy atom. The normalized spacial score (nSPS) is 19.8. The van der Waals surface area contributed by atoms with Gasteiger partial charge in [-0.15, -0.1) is 0 Å². The number of aryl methyl sites for hydroxylation is 1. The predicted octanol–water partition coefficient (Wildman–Crippen LogP) is 3.80. The number of nitrogens with one attached hydrogen (secondary N) is 2. The zero-order chi connectivity index (χ0) is 29.3. The lowest BCUT2D eigenvalue weighted by atomic mass is 9.99. The van der Waals surface area contributed by atoms with E-state index in [0.717, 1.165) is 28.9 Å². The summed E-state index contributed by atoms with van der Waals surface area (Å²) in [4.78, 5) is 15.4. The number of carbonyl (C=O) groups is 1. The average molecular weight is 566 g/mol. The molecule has 5 rings (SSSR count). The summed E-state index contributed by atoms with van der Waals surface area (Å²) in [7, 11) is 5.09. The Hall–Kier alpha value is -4.13. The highest BCUT2D eigenvalue weighted by atomic mass is 19.2. The minimum Gasteiger partial charge on any atom is -0.389 e. The number of para-hydroxylation sites is 1. The molecule has 0 saturated carbocycles. The number of likely N-dealkylation sites (tertiary alicyclic amines) is 1. The zero-order valence-corrected chi connectivity index (χ0v) is 23.3. The quantitative estimate of drug-likeness (QED) is 0.300. The van der Waals surface area contributed by atoms with Crippen molar-refractivity contribution in [2.75, 3.05) is 26.1 Å². The number of likely N-dealkylation sites (N-methyl/N-ethyl adjacent to an activating group) is 1. The van der Waals surface area contributed by atoms with Crippen LogP contribution in [0, 0.1) is 18.6 Å². The molecule has 4 atom stereocenters. The summed E-state index contributed by atoms with van der Waals surface area (Å²) in [6.45, 7) is 1.96. The second kappa shape index (κ2) is 11.8. The largest absolute Gasteiger partial charge is 0.389 e. The van der Waals surface area contributed by atoms with Crippen molar-refractivity contribution in [1.29, 1.82) is 0 Å². The van der Waals surface area contributed by atoms with Gasteiger partial charge in [-0.05, 0) is 50.2 Å². The highest BCUT2D eigenvalue weighted by Gasteiger charge is 2.44. The summed E-state index contributed by atoms with van der Waals surface area (Å²) in [5, 5.41) is 25.7. The van der Waals surface area contributed by atoms with Crippen LogP contribution in [0.25, 0.3) is 16.9 Å². The molecule has 3 N–H and O–H groups in total. The molecule has 0 bridgehead atoms. The maximum Gasteiger partial charge on any atom is 0.320 e. The lowest BCUT2D eigenvalue weighted by Crippen LogP contribution is -2.42. The van der Waals surface area contributed by atoms with Gasteiger partial charge in [-0.2, -0.15) is 10.2 Å². The molecule has 1 fully saturated rings. The van der Waals surface area contributed by atoms with Crippen molar-refractivity contribution in [3.8, 4) is 16.9 Å². The standard InChI is InChI=1S/C29H33F2N7O3/c1-17-26(19-14-32-36(2)15-19)35-38(20-8-6-5-7-9-20)28(17)34-29(40)33-23-13-24(25(39)16-41-4)37(3)27(23)18-10-11-21(30)22(31)12-18/h5-12,14-15,23-25,27,39H,13,16H2,1-4H3,(H2,33,34,40)/t23-,24-,25?,27+/m1/s1. The van der Waals surface area contributed by atoms with E-state index in [1.807, 2.05) is 55.4 Å². The van der Waals surface area contributed by atoms with E-state index in [1.165, 1.54) is 13.2 Å². The van der Waals surface area contributed by atoms with Crippen LogP contribution in [0.15, 0.2) is 60.9 Å². The van der Waals surface area contributed by atoms with E-state index in [-0.39, 0.29) is 6.61 Å². The first-order valence-corrected chi connectivity index (χ1v) is 13.2. The first kappa shape index (κ1) is 28.4. The van der Waals surface area contributed by atoms with E-state index in [9.17, 15) is 18.7 Å². The molecular formula is C29H33F2N7O3. The number of methoxy groups -OCH3 is 1. The highest BCUT2D eigenvalue weighted by Crippen LogP contribution is 2.37. The highest BCUT2D eigenvalue weighted by molar-refractivity contribution is 5.91. The molecule has 0 radical (unpaired) electrons. The first-order chi connectivity index (χ1) is 19.7. The molecule has 41 heavy (non-hydrogen) atoms. The summed E-state index contributed by atoms with van der Waals surface area (Å²) in [5.74, 6) is -1.47. The van der Waals surface area contributed by atoms with Crippen molar-refractivity contribution in [2.45, 2.75) is 37.6 Å². The van der Waals surface area contributed by atoms with Gasteiger partial charge in [-0.3, -0.25) is 14.9 Å². The van der Waals surface area contributed by atoms with Crippen LogP contribution < -0.4 is 10.6 Å². The number of carbonyl (C=O) groups excluding carboxylic acids is 1. The molecule has 12 heteroatoms. The minimum absolute atomic E-state index is 0.0883. The Kier molecular flexibility index (Phi) is 8.15. The Morgan fingerprint density at radius 1 is 1.17 bits per heavy atom. The molecule has 10 nitrogen and oxygen atoms in total. The number of rotatable bonds is 8. The molecule has 1 unspecified atom stereocenters. The van der Waals surface area contributed by atoms with Crippen LogP contribution in [0.1, 0.15) is 23.6 Å². The third-order valence-electron chi connectivity index (χ3n) is 7.55. The van der Waals surface area contributed by atoms with E-state index >= 15 is 0 Å². The number of anilines is 1. The molecule has 2 amide bonds. The van der Waals surface area contributed by atoms with Crippen LogP contribution in [0.3, 0.4) is 0 Å². The minimum atomic E-state index is -0.981. The number of urea groups is 1. The number of aliphatic hydroxyl groups excluding tert-OH is 1. The molecule has 0 aliphatic carbocycles. The topological polar surface area (TPSA) is 109 Å². The van der Waals surface area contributed by atoms with E-state index in [2.05, 4.69) is 15.7 Å². The molecule has 2 aromatic heterocycles. The summed E-state index contributed by atoms with van der Waals surface area (Å²) in [6, 6.07) is 11.1. The van der Waals surface area contributed by atoms with Crippen molar-refractivity contribution in [2.24, 2.45) is 7.05 Å². The van der Waals surface area contributed by atoms with Crippen LogP contribution in [0.4, 0.5) is 19.4 Å². The van der Waals surface area contributed by atoms with E-state index in [0.29, 0.717) is 23.5 Å². The van der Waals surface area contributed by atoms with Gasteiger partial charge in [0, 0.05) is 37.5 Å². The van der Waals surface area contributed by atoms with Crippen molar-refractivity contribution in [3.63, 3.8) is 0 Å². The third kappa shape index (κ3) is 5.71. The maximum absolute atomic E-state index is 14.2. The van der Waals surface area contributed by atoms with Gasteiger partial charge < -0.3 is 15.2 Å². The van der Waals surface area contributed by atoms with E-state index in [1.54, 1.807) is 22.6 Å². The molecule has 4 aromatic rings. The monoisotopic (exact) mass is 565 g/mol. The lowest BCUT2D eigenvalue weighted by Gasteiger charge is -2.30. The predicted molar refractivity (Wildman–Crippen MR) is 150 cm³/mol. The Balaban J connectivity index is 1.46. The third-order valence-corrected chi connectivity index (χ3v) is 7.55. The lowest BCUT2D eigenvalue weighted by molar-refractivity contribution is 0.0101. The fourth-order valence-corrected chi connectivity index (χ4v) is 5.59. The van der Waals surface area contributed by atoms with Crippen LogP contribution in [-0.4, -0.2) is 74.6 Å². The van der Waals surface area contributed by atoms with E-state index < -0.39 is 41.9 Å². The number of aromatic nitrogens is 4. The number of nitrogens with zero attached hydrogens (tertiary/aromatic N) is 5. The summed E-state index contributed by atoms with van der Waals surface area (Å²) in [5.41, 5.74) is 3.44. The summed E-state index contributed by atoms with van der Waals surface area (Å²) < 4.78 is 36.5. The van der Waals surface area contributed by atoms with Gasteiger partial charge in [-0.25, -0.2) is 18.3 Å². The molecule has 1 aliphatic rings. The number of ether oxygens (including phenoxy) is 1. The molecule has 1 saturated heterocycles. The van der Waals surface area contributed by atoms with E-state index in [4.69, 9.17) is 9.84 Å². The molecule has 2 aromatic carbocycles. The van der Waals surface area contributed by atoms with Crippen LogP contribution >= 0.6 is 0 Å². The number of aliphatic hydroxyl groups is 1. The number of benzene rings is 2. The molecule has 3 heterocycles. The maximum atomic E-state index is 14.2. The number of halogens is 2. The fourth-order valence-electron chi connectivity index (χ4n) is 5.59. The number of hydrogen-bond donors (Lipinski definition) is 3. The van der Waals surface area contributed by atoms with Gasteiger partial charge >= 0.3 is 6.03 Å². The Labute approximate surface area is 236 Å². The van der Waals surface area contributed by atoms with Crippen molar-refractivity contribution in [3.05, 3.63) is 83.7 Å². The fraction of sp³-hybridized carbons (Fsp3) is 0.345. The van der Waals surface area contributed by atoms with Gasteiger partial charge in [0.1, 0.15) is 11.5 Å².